The second kappa shape index (κ2) is 8.85. The van der Waals surface area contributed by atoms with Crippen LogP contribution in [0, 0.1) is 5.82 Å². The molecule has 1 unspecified atom stereocenters. The molecule has 0 heterocycles. The molecule has 0 saturated carbocycles. The number of carbonyl (C=O) groups is 2. The summed E-state index contributed by atoms with van der Waals surface area (Å²) in [7, 11) is 0. The number of rotatable bonds is 6. The van der Waals surface area contributed by atoms with Crippen molar-refractivity contribution in [3.8, 4) is 0 Å². The van der Waals surface area contributed by atoms with E-state index in [-0.39, 0.29) is 17.6 Å². The van der Waals surface area contributed by atoms with E-state index >= 15 is 0 Å². The lowest BCUT2D eigenvalue weighted by Crippen LogP contribution is -2.28. The minimum absolute atomic E-state index is 0.107. The van der Waals surface area contributed by atoms with E-state index in [1.165, 1.54) is 23.9 Å². The van der Waals surface area contributed by atoms with E-state index in [9.17, 15) is 14.0 Å². The second-order valence-corrected chi connectivity index (χ2v) is 8.59. The predicted molar refractivity (Wildman–Crippen MR) is 98.8 cm³/mol. The van der Waals surface area contributed by atoms with Gasteiger partial charge in [-0.3, -0.25) is 9.59 Å². The lowest BCUT2D eigenvalue weighted by molar-refractivity contribution is -0.153. The summed E-state index contributed by atoms with van der Waals surface area (Å²) >= 11 is 4.53. The zero-order valence-electron chi connectivity index (χ0n) is 14.5. The third-order valence-electron chi connectivity index (χ3n) is 2.82. The van der Waals surface area contributed by atoms with Gasteiger partial charge in [0.15, 0.2) is 0 Å². The smallest absolute Gasteiger partial charge is 0.319 e. The molecule has 7 heteroatoms. The van der Waals surface area contributed by atoms with Crippen LogP contribution in [0.25, 0.3) is 0 Å². The number of benzene rings is 1. The first kappa shape index (κ1) is 21.0. The Bertz CT molecular complexity index is 617. The van der Waals surface area contributed by atoms with E-state index in [1.807, 2.05) is 6.92 Å². The monoisotopic (exact) mass is 419 g/mol. The fourth-order valence-electron chi connectivity index (χ4n) is 1.78. The first-order chi connectivity index (χ1) is 11.0. The Morgan fingerprint density at radius 2 is 2.00 bits per heavy atom. The molecule has 0 aromatic heterocycles. The molecule has 0 aliphatic carbocycles. The highest BCUT2D eigenvalue weighted by atomic mass is 79.9. The molecular weight excluding hydrogens is 397 g/mol. The summed E-state index contributed by atoms with van der Waals surface area (Å²) in [6, 6.07) is 2.81. The van der Waals surface area contributed by atoms with Crippen LogP contribution in [0.4, 0.5) is 10.1 Å². The Morgan fingerprint density at radius 1 is 1.38 bits per heavy atom. The van der Waals surface area contributed by atoms with Gasteiger partial charge in [-0.05, 0) is 62.2 Å². The molecule has 0 saturated heterocycles. The van der Waals surface area contributed by atoms with Crippen molar-refractivity contribution in [3.05, 3.63) is 22.4 Å². The lowest BCUT2D eigenvalue weighted by atomic mass is 10.2. The molecule has 1 atom stereocenters. The molecule has 0 spiro atoms. The van der Waals surface area contributed by atoms with Crippen molar-refractivity contribution < 1.29 is 18.7 Å². The molecule has 1 aromatic rings. The Kier molecular flexibility index (Phi) is 7.73. The van der Waals surface area contributed by atoms with Gasteiger partial charge < -0.3 is 10.1 Å². The second-order valence-electron chi connectivity index (χ2n) is 6.35. The number of carbonyl (C=O) groups excluding carboxylic acids is 2. The highest BCUT2D eigenvalue weighted by Gasteiger charge is 2.23. The van der Waals surface area contributed by atoms with E-state index in [0.717, 1.165) is 0 Å². The van der Waals surface area contributed by atoms with Crippen LogP contribution >= 0.6 is 27.7 Å². The van der Waals surface area contributed by atoms with Crippen molar-refractivity contribution in [1.82, 2.24) is 0 Å². The van der Waals surface area contributed by atoms with E-state index < -0.39 is 16.7 Å². The molecule has 0 radical (unpaired) electrons. The largest absolute Gasteiger partial charge is 0.459 e. The number of hydrogen-bond acceptors (Lipinski definition) is 4. The van der Waals surface area contributed by atoms with Crippen molar-refractivity contribution in [3.63, 3.8) is 0 Å². The van der Waals surface area contributed by atoms with E-state index in [0.29, 0.717) is 22.2 Å². The van der Waals surface area contributed by atoms with Gasteiger partial charge >= 0.3 is 5.97 Å². The number of halogens is 2. The molecule has 1 aromatic carbocycles. The number of hydrogen-bond donors (Lipinski definition) is 1. The summed E-state index contributed by atoms with van der Waals surface area (Å²) in [6.45, 7) is 9.01. The quantitative estimate of drug-likeness (QED) is 0.511. The lowest BCUT2D eigenvalue weighted by Gasteiger charge is -2.22. The molecule has 1 rings (SSSR count). The molecule has 0 aliphatic rings. The Labute approximate surface area is 155 Å². The van der Waals surface area contributed by atoms with Crippen molar-refractivity contribution in [2.75, 3.05) is 5.32 Å². The summed E-state index contributed by atoms with van der Waals surface area (Å²) in [5.74, 6) is -1.12. The van der Waals surface area contributed by atoms with Crippen molar-refractivity contribution in [2.24, 2.45) is 0 Å². The van der Waals surface area contributed by atoms with E-state index in [2.05, 4.69) is 21.2 Å². The Morgan fingerprint density at radius 3 is 2.54 bits per heavy atom. The molecule has 1 N–H and O–H groups in total. The first-order valence-electron chi connectivity index (χ1n) is 7.72. The van der Waals surface area contributed by atoms with E-state index in [1.54, 1.807) is 27.7 Å². The van der Waals surface area contributed by atoms with Crippen LogP contribution in [0.5, 0.6) is 0 Å². The molecule has 134 valence electrons. The normalized spacial score (nSPS) is 12.6. The van der Waals surface area contributed by atoms with Gasteiger partial charge in [0.25, 0.3) is 0 Å². The summed E-state index contributed by atoms with van der Waals surface area (Å²) in [5.41, 5.74) is -0.457. The molecule has 24 heavy (non-hydrogen) atoms. The number of esters is 1. The molecule has 0 aliphatic heterocycles. The fourth-order valence-corrected chi connectivity index (χ4v) is 3.26. The van der Waals surface area contributed by atoms with Crippen LogP contribution in [0.15, 0.2) is 21.5 Å². The first-order valence-corrected chi connectivity index (χ1v) is 9.39. The zero-order chi connectivity index (χ0) is 18.5. The topological polar surface area (TPSA) is 55.4 Å². The Balaban J connectivity index is 2.91. The van der Waals surface area contributed by atoms with Crippen LogP contribution in [0.1, 0.15) is 47.5 Å². The minimum atomic E-state index is -0.564. The highest BCUT2D eigenvalue weighted by molar-refractivity contribution is 9.10. The molecule has 1 amide bonds. The van der Waals surface area contributed by atoms with Gasteiger partial charge in [0.1, 0.15) is 16.7 Å². The average molecular weight is 420 g/mol. The summed E-state index contributed by atoms with van der Waals surface area (Å²) in [6.07, 6.45) is 1.01. The number of nitrogens with one attached hydrogen (secondary N) is 1. The third kappa shape index (κ3) is 6.81. The highest BCUT2D eigenvalue weighted by Crippen LogP contribution is 2.35. The van der Waals surface area contributed by atoms with Gasteiger partial charge in [-0.25, -0.2) is 4.39 Å². The minimum Gasteiger partial charge on any atom is -0.459 e. The Hall–Kier alpha value is -1.08. The maximum Gasteiger partial charge on any atom is 0.319 e. The standard InChI is InChI=1S/C17H23BrFNO3S/c1-6-7-15(21)20-13-9-14(11(18)8-12(13)19)24-10(2)16(22)23-17(3,4)5/h8-10H,6-7H2,1-5H3,(H,20,21). The maximum absolute atomic E-state index is 14.0. The van der Waals surface area contributed by atoms with Crippen LogP contribution in [-0.2, 0) is 14.3 Å². The molecule has 0 fully saturated rings. The van der Waals surface area contributed by atoms with Gasteiger partial charge in [0, 0.05) is 15.8 Å². The third-order valence-corrected chi connectivity index (χ3v) is 4.87. The number of amides is 1. The van der Waals surface area contributed by atoms with Gasteiger partial charge in [0.05, 0.1) is 5.69 Å². The zero-order valence-corrected chi connectivity index (χ0v) is 16.9. The summed E-state index contributed by atoms with van der Waals surface area (Å²) in [5, 5.41) is 2.09. The molecule has 4 nitrogen and oxygen atoms in total. The molecular formula is C17H23BrFNO3S. The van der Waals surface area contributed by atoms with E-state index in [4.69, 9.17) is 4.74 Å². The number of thioether (sulfide) groups is 1. The van der Waals surface area contributed by atoms with Crippen molar-refractivity contribution in [1.29, 1.82) is 0 Å². The average Bonchev–Trinajstić information content (AvgIpc) is 2.42. The summed E-state index contributed by atoms with van der Waals surface area (Å²) in [4.78, 5) is 24.4. The summed E-state index contributed by atoms with van der Waals surface area (Å²) < 4.78 is 19.9. The number of anilines is 1. The predicted octanol–water partition coefficient (Wildman–Crippen LogP) is 5.15. The van der Waals surface area contributed by atoms with Gasteiger partial charge in [-0.2, -0.15) is 0 Å². The van der Waals surface area contributed by atoms with Crippen LogP contribution in [0.3, 0.4) is 0 Å². The molecule has 0 bridgehead atoms. The van der Waals surface area contributed by atoms with Crippen LogP contribution < -0.4 is 5.32 Å². The SMILES string of the molecule is CCCC(=O)Nc1cc(SC(C)C(=O)OC(C)(C)C)c(Br)cc1F. The van der Waals surface area contributed by atoms with Crippen LogP contribution in [-0.4, -0.2) is 22.7 Å². The fraction of sp³-hybridized carbons (Fsp3) is 0.529. The van der Waals surface area contributed by atoms with Crippen LogP contribution in [0.2, 0.25) is 0 Å². The number of ether oxygens (including phenoxy) is 1. The van der Waals surface area contributed by atoms with Gasteiger partial charge in [-0.15, -0.1) is 11.8 Å². The maximum atomic E-state index is 14.0. The van der Waals surface area contributed by atoms with Gasteiger partial charge in [0.2, 0.25) is 5.91 Å². The van der Waals surface area contributed by atoms with Crippen molar-refractivity contribution in [2.45, 2.75) is 63.2 Å². The van der Waals surface area contributed by atoms with Crippen molar-refractivity contribution >= 4 is 45.3 Å². The van der Waals surface area contributed by atoms with Gasteiger partial charge in [-0.1, -0.05) is 6.92 Å².